The second-order valence-corrected chi connectivity index (χ2v) is 5.33. The Bertz CT molecular complexity index is 488. The smallest absolute Gasteiger partial charge is 0.341 e. The summed E-state index contributed by atoms with van der Waals surface area (Å²) in [5, 5.41) is 3.44. The second kappa shape index (κ2) is 5.05. The molecule has 19 heavy (non-hydrogen) atoms. The van der Waals surface area contributed by atoms with E-state index in [1.165, 1.54) is 7.11 Å². The highest BCUT2D eigenvalue weighted by molar-refractivity contribution is 5.94. The van der Waals surface area contributed by atoms with E-state index in [2.05, 4.69) is 33.8 Å². The molecule has 0 unspecified atom stereocenters. The minimum Gasteiger partial charge on any atom is -0.465 e. The average Bonchev–Trinajstić information content (AvgIpc) is 2.36. The molecule has 0 amide bonds. The molecular formula is C13H20N4O2. The number of hydrogen-bond donors (Lipinski definition) is 2. The normalized spacial score (nSPS) is 18.2. The molecule has 1 aromatic rings. The minimum absolute atomic E-state index is 0.0374. The molecule has 0 atom stereocenters. The fourth-order valence-electron chi connectivity index (χ4n) is 2.26. The quantitative estimate of drug-likeness (QED) is 0.763. The average molecular weight is 264 g/mol. The number of nitrogens with one attached hydrogen (secondary N) is 1. The van der Waals surface area contributed by atoms with Gasteiger partial charge in [0.2, 0.25) is 0 Å². The molecule has 1 saturated heterocycles. The Kier molecular flexibility index (Phi) is 3.61. The van der Waals surface area contributed by atoms with Gasteiger partial charge in [0.25, 0.3) is 0 Å². The summed E-state index contributed by atoms with van der Waals surface area (Å²) in [6.45, 7) is 6.90. The fraction of sp³-hybridized carbons (Fsp3) is 0.538. The molecule has 6 nitrogen and oxygen atoms in total. The van der Waals surface area contributed by atoms with Crippen LogP contribution < -0.4 is 16.0 Å². The summed E-state index contributed by atoms with van der Waals surface area (Å²) in [5.74, 6) is 0.539. The molecule has 104 valence electrons. The van der Waals surface area contributed by atoms with Gasteiger partial charge in [0, 0.05) is 25.2 Å². The van der Waals surface area contributed by atoms with Gasteiger partial charge < -0.3 is 20.7 Å². The third-order valence-corrected chi connectivity index (χ3v) is 3.21. The van der Waals surface area contributed by atoms with Crippen LogP contribution in [-0.2, 0) is 4.74 Å². The summed E-state index contributed by atoms with van der Waals surface area (Å²) < 4.78 is 4.65. The first kappa shape index (κ1) is 13.6. The number of carbonyl (C=O) groups is 1. The van der Waals surface area contributed by atoms with Crippen LogP contribution in [0, 0.1) is 0 Å². The van der Waals surface area contributed by atoms with Crippen LogP contribution >= 0.6 is 0 Å². The fourth-order valence-corrected chi connectivity index (χ4v) is 2.26. The van der Waals surface area contributed by atoms with Crippen LogP contribution in [0.4, 0.5) is 11.6 Å². The molecular weight excluding hydrogens is 244 g/mol. The van der Waals surface area contributed by atoms with Crippen LogP contribution in [0.5, 0.6) is 0 Å². The summed E-state index contributed by atoms with van der Waals surface area (Å²) >= 11 is 0. The highest BCUT2D eigenvalue weighted by Gasteiger charge is 2.26. The van der Waals surface area contributed by atoms with Crippen molar-refractivity contribution in [1.82, 2.24) is 10.3 Å². The minimum atomic E-state index is -0.461. The molecule has 2 rings (SSSR count). The largest absolute Gasteiger partial charge is 0.465 e. The van der Waals surface area contributed by atoms with Gasteiger partial charge in [-0.2, -0.15) is 0 Å². The summed E-state index contributed by atoms with van der Waals surface area (Å²) in [6.07, 6.45) is 0. The number of nitrogens with zero attached hydrogens (tertiary/aromatic N) is 2. The lowest BCUT2D eigenvalue weighted by Gasteiger charge is -2.39. The lowest BCUT2D eigenvalue weighted by Crippen LogP contribution is -2.57. The monoisotopic (exact) mass is 264 g/mol. The molecule has 1 aromatic heterocycles. The van der Waals surface area contributed by atoms with E-state index in [0.29, 0.717) is 5.56 Å². The number of pyridine rings is 1. The number of methoxy groups -OCH3 is 1. The van der Waals surface area contributed by atoms with Crippen molar-refractivity contribution in [2.45, 2.75) is 19.4 Å². The van der Waals surface area contributed by atoms with Crippen molar-refractivity contribution in [2.24, 2.45) is 0 Å². The van der Waals surface area contributed by atoms with E-state index >= 15 is 0 Å². The third-order valence-electron chi connectivity index (χ3n) is 3.21. The van der Waals surface area contributed by atoms with Gasteiger partial charge in [0.05, 0.1) is 7.11 Å². The lowest BCUT2D eigenvalue weighted by atomic mass is 10.0. The van der Waals surface area contributed by atoms with Crippen LogP contribution in [0.15, 0.2) is 12.1 Å². The summed E-state index contributed by atoms with van der Waals surface area (Å²) in [7, 11) is 1.33. The summed E-state index contributed by atoms with van der Waals surface area (Å²) in [5.41, 5.74) is 6.16. The number of aromatic nitrogens is 1. The molecule has 0 saturated carbocycles. The maximum Gasteiger partial charge on any atom is 0.341 e. The predicted octanol–water partition coefficient (Wildman–Crippen LogP) is 0.639. The number of rotatable bonds is 2. The zero-order chi connectivity index (χ0) is 14.0. The molecule has 6 heteroatoms. The highest BCUT2D eigenvalue weighted by Crippen LogP contribution is 2.21. The number of piperazine rings is 1. The van der Waals surface area contributed by atoms with Gasteiger partial charge in [0.15, 0.2) is 0 Å². The van der Waals surface area contributed by atoms with E-state index in [1.54, 1.807) is 6.07 Å². The van der Waals surface area contributed by atoms with Crippen molar-refractivity contribution < 1.29 is 9.53 Å². The number of nitrogens with two attached hydrogens (primary N) is 1. The molecule has 3 N–H and O–H groups in total. The molecule has 0 aliphatic carbocycles. The zero-order valence-corrected chi connectivity index (χ0v) is 11.6. The third kappa shape index (κ3) is 2.96. The van der Waals surface area contributed by atoms with Crippen LogP contribution in [0.25, 0.3) is 0 Å². The van der Waals surface area contributed by atoms with E-state index in [4.69, 9.17) is 5.73 Å². The zero-order valence-electron chi connectivity index (χ0n) is 11.6. The first-order valence-electron chi connectivity index (χ1n) is 6.28. The second-order valence-electron chi connectivity index (χ2n) is 5.33. The first-order valence-corrected chi connectivity index (χ1v) is 6.28. The number of esters is 1. The van der Waals surface area contributed by atoms with Crippen molar-refractivity contribution in [3.05, 3.63) is 17.7 Å². The van der Waals surface area contributed by atoms with Gasteiger partial charge in [0.1, 0.15) is 17.2 Å². The summed E-state index contributed by atoms with van der Waals surface area (Å²) in [4.78, 5) is 17.9. The van der Waals surface area contributed by atoms with Crippen molar-refractivity contribution >= 4 is 17.6 Å². The van der Waals surface area contributed by atoms with Gasteiger partial charge in [-0.1, -0.05) is 0 Å². The van der Waals surface area contributed by atoms with Crippen molar-refractivity contribution in [3.8, 4) is 0 Å². The van der Waals surface area contributed by atoms with Crippen LogP contribution in [0.3, 0.4) is 0 Å². The molecule has 0 radical (unpaired) electrons. The van der Waals surface area contributed by atoms with Gasteiger partial charge >= 0.3 is 5.97 Å². The number of nitrogen functional groups attached to an aromatic ring is 1. The number of anilines is 2. The number of ether oxygens (including phenoxy) is 1. The molecule has 0 spiro atoms. The lowest BCUT2D eigenvalue weighted by molar-refractivity contribution is 0.0601. The highest BCUT2D eigenvalue weighted by atomic mass is 16.5. The Labute approximate surface area is 112 Å². The van der Waals surface area contributed by atoms with Gasteiger partial charge in [-0.3, -0.25) is 0 Å². The van der Waals surface area contributed by atoms with Crippen molar-refractivity contribution in [2.75, 3.05) is 37.4 Å². The van der Waals surface area contributed by atoms with Crippen molar-refractivity contribution in [1.29, 1.82) is 0 Å². The van der Waals surface area contributed by atoms with Crippen LogP contribution in [0.2, 0.25) is 0 Å². The maximum absolute atomic E-state index is 11.5. The Morgan fingerprint density at radius 3 is 2.84 bits per heavy atom. The van der Waals surface area contributed by atoms with Gasteiger partial charge in [-0.25, -0.2) is 9.78 Å². The van der Waals surface area contributed by atoms with E-state index < -0.39 is 5.97 Å². The van der Waals surface area contributed by atoms with E-state index in [-0.39, 0.29) is 11.4 Å². The Hall–Kier alpha value is -1.82. The SMILES string of the molecule is COC(=O)c1ccc(N2CCNC(C)(C)C2)nc1N. The van der Waals surface area contributed by atoms with Crippen molar-refractivity contribution in [3.63, 3.8) is 0 Å². The molecule has 0 aromatic carbocycles. The van der Waals surface area contributed by atoms with Crippen LogP contribution in [-0.4, -0.2) is 43.2 Å². The Balaban J connectivity index is 2.22. The van der Waals surface area contributed by atoms with Gasteiger partial charge in [-0.15, -0.1) is 0 Å². The predicted molar refractivity (Wildman–Crippen MR) is 74.3 cm³/mol. The van der Waals surface area contributed by atoms with E-state index in [1.807, 2.05) is 6.07 Å². The van der Waals surface area contributed by atoms with Crippen LogP contribution in [0.1, 0.15) is 24.2 Å². The molecule has 1 aliphatic heterocycles. The topological polar surface area (TPSA) is 80.5 Å². The molecule has 2 heterocycles. The number of carbonyl (C=O) groups excluding carboxylic acids is 1. The molecule has 1 fully saturated rings. The number of hydrogen-bond acceptors (Lipinski definition) is 6. The van der Waals surface area contributed by atoms with E-state index in [0.717, 1.165) is 25.5 Å². The molecule has 0 bridgehead atoms. The standard InChI is InChI=1S/C13H20N4O2/c1-13(2)8-17(7-6-15-13)10-5-4-9(11(14)16-10)12(18)19-3/h4-5,15H,6-8H2,1-3H3,(H2,14,16). The molecule has 1 aliphatic rings. The summed E-state index contributed by atoms with van der Waals surface area (Å²) in [6, 6.07) is 3.47. The van der Waals surface area contributed by atoms with Gasteiger partial charge in [-0.05, 0) is 26.0 Å². The Morgan fingerprint density at radius 2 is 2.26 bits per heavy atom. The van der Waals surface area contributed by atoms with E-state index in [9.17, 15) is 4.79 Å². The first-order chi connectivity index (χ1) is 8.93. The maximum atomic E-state index is 11.5. The Morgan fingerprint density at radius 1 is 1.53 bits per heavy atom.